The fourth-order valence-electron chi connectivity index (χ4n) is 8.41. The average Bonchev–Trinajstić information content (AvgIpc) is 3.36. The molecule has 5 aromatic rings. The van der Waals surface area contributed by atoms with E-state index in [0.717, 1.165) is 32.1 Å². The van der Waals surface area contributed by atoms with E-state index in [1.54, 1.807) is 5.57 Å². The summed E-state index contributed by atoms with van der Waals surface area (Å²) < 4.78 is 2.48. The van der Waals surface area contributed by atoms with Crippen molar-refractivity contribution in [3.63, 3.8) is 0 Å². The van der Waals surface area contributed by atoms with E-state index in [4.69, 9.17) is 4.99 Å². The van der Waals surface area contributed by atoms with Crippen molar-refractivity contribution >= 4 is 38.8 Å². The van der Waals surface area contributed by atoms with Crippen LogP contribution in [0, 0.1) is 0 Å². The van der Waals surface area contributed by atoms with Crippen LogP contribution < -0.4 is 5.32 Å². The standard InChI is InChI=1S/C40H31N3/c1-2-12-26-24(11-1)21-33-38-31(26)22-25(43-36-19-9-5-14-28(36)29-15-6-10-20-37(29)43)23-32(38)27-13-3-4-16-30(27)39-40(33)42-35-18-8-7-17-34(35)41-39/h2-7,9-10,12-17,19-20,22-23,33-34,41H,1,8,11,18,21H2/t33-,34?/m1/s1. The lowest BCUT2D eigenvalue weighted by Gasteiger charge is -2.35. The number of hydrogen-bond donors (Lipinski definition) is 1. The molecule has 1 aliphatic heterocycles. The van der Waals surface area contributed by atoms with Gasteiger partial charge in [-0.3, -0.25) is 4.99 Å². The number of aliphatic imine (C=N–C) groups is 1. The summed E-state index contributed by atoms with van der Waals surface area (Å²) in [6, 6.07) is 31.8. The number of nitrogens with zero attached hydrogens (tertiary/aromatic N) is 2. The normalized spacial score (nSPS) is 21.4. The van der Waals surface area contributed by atoms with Gasteiger partial charge in [-0.25, -0.2) is 0 Å². The molecule has 206 valence electrons. The Kier molecular flexibility index (Phi) is 4.85. The van der Waals surface area contributed by atoms with E-state index in [0.29, 0.717) is 0 Å². The summed E-state index contributed by atoms with van der Waals surface area (Å²) in [6.45, 7) is 0. The van der Waals surface area contributed by atoms with E-state index in [1.807, 2.05) is 0 Å². The van der Waals surface area contributed by atoms with Crippen LogP contribution in [0.15, 0.2) is 125 Å². The molecule has 43 heavy (non-hydrogen) atoms. The smallest absolute Gasteiger partial charge is 0.0831 e. The molecule has 0 saturated heterocycles. The van der Waals surface area contributed by atoms with Crippen molar-refractivity contribution in [2.75, 3.05) is 0 Å². The predicted octanol–water partition coefficient (Wildman–Crippen LogP) is 9.49. The molecule has 2 atom stereocenters. The molecule has 10 rings (SSSR count). The third-order valence-corrected chi connectivity index (χ3v) is 10.3. The van der Waals surface area contributed by atoms with Gasteiger partial charge in [0.05, 0.1) is 28.5 Å². The molecule has 1 unspecified atom stereocenters. The molecule has 0 amide bonds. The lowest BCUT2D eigenvalue weighted by atomic mass is 9.72. The van der Waals surface area contributed by atoms with E-state index in [9.17, 15) is 0 Å². The second-order valence-corrected chi connectivity index (χ2v) is 12.5. The molecule has 4 aliphatic carbocycles. The van der Waals surface area contributed by atoms with Gasteiger partial charge in [0.1, 0.15) is 0 Å². The van der Waals surface area contributed by atoms with Crippen LogP contribution in [-0.4, -0.2) is 16.3 Å². The number of nitrogens with one attached hydrogen (secondary N) is 1. The van der Waals surface area contributed by atoms with Crippen LogP contribution in [0.25, 0.3) is 49.9 Å². The molecule has 0 saturated carbocycles. The largest absolute Gasteiger partial charge is 0.372 e. The molecule has 0 fully saturated rings. The molecule has 0 bridgehead atoms. The number of rotatable bonds is 1. The minimum Gasteiger partial charge on any atom is -0.372 e. The highest BCUT2D eigenvalue weighted by molar-refractivity contribution is 6.09. The molecular weight excluding hydrogens is 522 g/mol. The first-order chi connectivity index (χ1) is 21.3. The Balaban J connectivity index is 1.32. The summed E-state index contributed by atoms with van der Waals surface area (Å²) in [5, 5.41) is 6.58. The maximum absolute atomic E-state index is 5.54. The zero-order valence-electron chi connectivity index (χ0n) is 24.0. The van der Waals surface area contributed by atoms with Crippen LogP contribution in [0.4, 0.5) is 0 Å². The first-order valence-corrected chi connectivity index (χ1v) is 15.7. The van der Waals surface area contributed by atoms with Gasteiger partial charge in [-0.2, -0.15) is 0 Å². The monoisotopic (exact) mass is 553 g/mol. The van der Waals surface area contributed by atoms with E-state index in [-0.39, 0.29) is 12.0 Å². The third kappa shape index (κ3) is 3.28. The minimum atomic E-state index is 0.186. The van der Waals surface area contributed by atoms with Crippen molar-refractivity contribution in [1.82, 2.24) is 9.88 Å². The molecule has 1 aromatic heterocycles. The second kappa shape index (κ2) is 8.81. The lowest BCUT2D eigenvalue weighted by molar-refractivity contribution is 0.700. The van der Waals surface area contributed by atoms with Gasteiger partial charge in [0.15, 0.2) is 0 Å². The summed E-state index contributed by atoms with van der Waals surface area (Å²) in [7, 11) is 0. The average molecular weight is 554 g/mol. The number of aromatic nitrogens is 1. The molecular formula is C40H31N3. The van der Waals surface area contributed by atoms with Gasteiger partial charge in [0, 0.05) is 33.7 Å². The van der Waals surface area contributed by atoms with Gasteiger partial charge in [0.2, 0.25) is 0 Å². The van der Waals surface area contributed by atoms with Crippen LogP contribution >= 0.6 is 0 Å². The number of allylic oxidation sites excluding steroid dienone is 6. The SMILES string of the molecule is C1=CC2NC3=C(N=C2CC1)[C@@H]1CC2=C(C=CCC2)c2cc(-n4c5ccccc5c5ccccc54)cc(c21)-c1ccccc13. The molecule has 3 nitrogen and oxygen atoms in total. The number of benzene rings is 4. The summed E-state index contributed by atoms with van der Waals surface area (Å²) in [4.78, 5) is 5.54. The first-order valence-electron chi connectivity index (χ1n) is 15.7. The highest BCUT2D eigenvalue weighted by Crippen LogP contribution is 2.54. The van der Waals surface area contributed by atoms with Gasteiger partial charge >= 0.3 is 0 Å². The topological polar surface area (TPSA) is 29.3 Å². The van der Waals surface area contributed by atoms with Gasteiger partial charge in [-0.1, -0.05) is 90.5 Å². The Labute approximate surface area is 251 Å². The Morgan fingerprint density at radius 3 is 2.28 bits per heavy atom. The summed E-state index contributed by atoms with van der Waals surface area (Å²) in [6.07, 6.45) is 14.8. The highest BCUT2D eigenvalue weighted by atomic mass is 15.0. The number of para-hydroxylation sites is 2. The lowest BCUT2D eigenvalue weighted by Crippen LogP contribution is -2.39. The molecule has 0 spiro atoms. The van der Waals surface area contributed by atoms with Crippen molar-refractivity contribution in [3.8, 4) is 16.8 Å². The van der Waals surface area contributed by atoms with Crippen LogP contribution in [0.1, 0.15) is 54.7 Å². The maximum atomic E-state index is 5.54. The van der Waals surface area contributed by atoms with Gasteiger partial charge < -0.3 is 9.88 Å². The van der Waals surface area contributed by atoms with E-state index < -0.39 is 0 Å². The van der Waals surface area contributed by atoms with Crippen molar-refractivity contribution in [3.05, 3.63) is 137 Å². The summed E-state index contributed by atoms with van der Waals surface area (Å²) >= 11 is 0. The molecule has 1 N–H and O–H groups in total. The Hall–Kier alpha value is -4.89. The molecule has 3 heteroatoms. The summed E-state index contributed by atoms with van der Waals surface area (Å²) in [5.41, 5.74) is 17.2. The number of fused-ring (bicyclic) bond motifs is 9. The van der Waals surface area contributed by atoms with Crippen LogP contribution in [-0.2, 0) is 0 Å². The molecule has 5 aliphatic rings. The maximum Gasteiger partial charge on any atom is 0.0831 e. The first kappa shape index (κ1) is 23.6. The number of hydrogen-bond acceptors (Lipinski definition) is 2. The van der Waals surface area contributed by atoms with E-state index in [1.165, 1.54) is 78.0 Å². The third-order valence-electron chi connectivity index (χ3n) is 10.3. The zero-order chi connectivity index (χ0) is 28.1. The minimum absolute atomic E-state index is 0.186. The van der Waals surface area contributed by atoms with Crippen molar-refractivity contribution in [1.29, 1.82) is 0 Å². The Morgan fingerprint density at radius 2 is 1.44 bits per heavy atom. The van der Waals surface area contributed by atoms with Gasteiger partial charge in [-0.15, -0.1) is 0 Å². The predicted molar refractivity (Wildman–Crippen MR) is 179 cm³/mol. The van der Waals surface area contributed by atoms with Crippen LogP contribution in [0.5, 0.6) is 0 Å². The van der Waals surface area contributed by atoms with Crippen molar-refractivity contribution in [2.24, 2.45) is 4.99 Å². The van der Waals surface area contributed by atoms with E-state index >= 15 is 0 Å². The Bertz CT molecular complexity index is 2140. The van der Waals surface area contributed by atoms with Gasteiger partial charge in [-0.05, 0) is 84.2 Å². The second-order valence-electron chi connectivity index (χ2n) is 12.5. The van der Waals surface area contributed by atoms with Gasteiger partial charge in [0.25, 0.3) is 0 Å². The zero-order valence-corrected chi connectivity index (χ0v) is 24.0. The van der Waals surface area contributed by atoms with Crippen LogP contribution in [0.2, 0.25) is 0 Å². The Morgan fingerprint density at radius 1 is 0.721 bits per heavy atom. The quantitative estimate of drug-likeness (QED) is 0.206. The molecule has 4 aromatic carbocycles. The molecule has 0 radical (unpaired) electrons. The fourth-order valence-corrected chi connectivity index (χ4v) is 8.41. The summed E-state index contributed by atoms with van der Waals surface area (Å²) in [5.74, 6) is 0.233. The fraction of sp³-hybridized carbons (Fsp3) is 0.175. The van der Waals surface area contributed by atoms with Crippen molar-refractivity contribution in [2.45, 2.75) is 44.1 Å². The van der Waals surface area contributed by atoms with Crippen molar-refractivity contribution < 1.29 is 0 Å². The van der Waals surface area contributed by atoms with E-state index in [2.05, 4.69) is 119 Å². The van der Waals surface area contributed by atoms with Crippen LogP contribution in [0.3, 0.4) is 0 Å². The highest BCUT2D eigenvalue weighted by Gasteiger charge is 2.39. The molecule has 2 heterocycles.